The van der Waals surface area contributed by atoms with Crippen LogP contribution in [0.1, 0.15) is 21.8 Å². The Morgan fingerprint density at radius 3 is 2.64 bits per heavy atom. The number of ketones is 1. The summed E-state index contributed by atoms with van der Waals surface area (Å²) < 4.78 is 4.79. The largest absolute Gasteiger partial charge is 0.361 e. The molecule has 0 aliphatic rings. The third-order valence-electron chi connectivity index (χ3n) is 1.50. The summed E-state index contributed by atoms with van der Waals surface area (Å²) in [5.74, 6) is 0.416. The molecule has 0 aromatic carbocycles. The first kappa shape index (κ1) is 7.94. The first-order chi connectivity index (χ1) is 5.16. The second kappa shape index (κ2) is 2.84. The Kier molecular flexibility index (Phi) is 2.05. The minimum atomic E-state index is -0.124. The van der Waals surface area contributed by atoms with E-state index >= 15 is 0 Å². The number of aryl methyl sites for hydroxylation is 2. The summed E-state index contributed by atoms with van der Waals surface area (Å²) in [6.45, 7) is 3.42. The molecule has 60 valence electrons. The van der Waals surface area contributed by atoms with Gasteiger partial charge in [-0.15, -0.1) is 0 Å². The molecule has 0 unspecified atom stereocenters. The molecular formula is C7H10N2O2. The molecule has 0 aliphatic carbocycles. The zero-order chi connectivity index (χ0) is 8.43. The predicted octanol–water partition coefficient (Wildman–Crippen LogP) is 0.433. The highest BCUT2D eigenvalue weighted by Crippen LogP contribution is 2.11. The van der Waals surface area contributed by atoms with Crippen molar-refractivity contribution < 1.29 is 9.32 Å². The van der Waals surface area contributed by atoms with Gasteiger partial charge in [0.05, 0.1) is 17.8 Å². The molecule has 0 spiro atoms. The second-order valence-electron chi connectivity index (χ2n) is 2.33. The molecule has 0 saturated heterocycles. The Labute approximate surface area is 64.4 Å². The minimum absolute atomic E-state index is 0.00287. The summed E-state index contributed by atoms with van der Waals surface area (Å²) in [5.41, 5.74) is 6.31. The molecule has 0 amide bonds. The van der Waals surface area contributed by atoms with Crippen molar-refractivity contribution in [1.29, 1.82) is 0 Å². The van der Waals surface area contributed by atoms with Crippen LogP contribution in [-0.2, 0) is 0 Å². The van der Waals surface area contributed by atoms with E-state index in [0.717, 1.165) is 0 Å². The van der Waals surface area contributed by atoms with Gasteiger partial charge >= 0.3 is 0 Å². The average molecular weight is 154 g/mol. The number of nitrogens with two attached hydrogens (primary N) is 1. The van der Waals surface area contributed by atoms with Crippen molar-refractivity contribution in [3.05, 3.63) is 17.0 Å². The number of hydrogen-bond donors (Lipinski definition) is 1. The first-order valence-corrected chi connectivity index (χ1v) is 3.33. The summed E-state index contributed by atoms with van der Waals surface area (Å²) in [7, 11) is 0. The standard InChI is InChI=1S/C7H10N2O2/c1-4-7(6(10)3-8)5(2)11-9-4/h3,8H2,1-2H3. The molecular weight excluding hydrogens is 144 g/mol. The normalized spacial score (nSPS) is 10.1. The fourth-order valence-corrected chi connectivity index (χ4v) is 0.983. The van der Waals surface area contributed by atoms with Crippen molar-refractivity contribution in [3.63, 3.8) is 0 Å². The van der Waals surface area contributed by atoms with Crippen LogP contribution in [0.4, 0.5) is 0 Å². The second-order valence-corrected chi connectivity index (χ2v) is 2.33. The van der Waals surface area contributed by atoms with Gasteiger partial charge in [-0.05, 0) is 13.8 Å². The molecule has 0 radical (unpaired) electrons. The highest BCUT2D eigenvalue weighted by Gasteiger charge is 2.14. The van der Waals surface area contributed by atoms with Crippen LogP contribution < -0.4 is 5.73 Å². The van der Waals surface area contributed by atoms with Crippen LogP contribution in [-0.4, -0.2) is 17.5 Å². The van der Waals surface area contributed by atoms with Gasteiger partial charge in [0.2, 0.25) is 0 Å². The number of carbonyl (C=O) groups is 1. The Morgan fingerprint density at radius 2 is 2.27 bits per heavy atom. The lowest BCUT2D eigenvalue weighted by Crippen LogP contribution is -2.14. The third-order valence-corrected chi connectivity index (χ3v) is 1.50. The van der Waals surface area contributed by atoms with Gasteiger partial charge in [-0.1, -0.05) is 5.16 Å². The lowest BCUT2D eigenvalue weighted by molar-refractivity contribution is 0.0999. The van der Waals surface area contributed by atoms with Gasteiger partial charge in [0, 0.05) is 0 Å². The fraction of sp³-hybridized carbons (Fsp3) is 0.429. The van der Waals surface area contributed by atoms with Crippen LogP contribution in [0.5, 0.6) is 0 Å². The smallest absolute Gasteiger partial charge is 0.181 e. The molecule has 11 heavy (non-hydrogen) atoms. The molecule has 1 aromatic heterocycles. The summed E-state index contributed by atoms with van der Waals surface area (Å²) >= 11 is 0. The number of carbonyl (C=O) groups excluding carboxylic acids is 1. The summed E-state index contributed by atoms with van der Waals surface area (Å²) in [5, 5.41) is 3.63. The van der Waals surface area contributed by atoms with E-state index in [0.29, 0.717) is 17.0 Å². The number of hydrogen-bond acceptors (Lipinski definition) is 4. The molecule has 1 aromatic rings. The van der Waals surface area contributed by atoms with E-state index < -0.39 is 0 Å². The van der Waals surface area contributed by atoms with Gasteiger partial charge in [0.25, 0.3) is 0 Å². The third kappa shape index (κ3) is 1.30. The Morgan fingerprint density at radius 1 is 1.64 bits per heavy atom. The molecule has 0 saturated carbocycles. The summed E-state index contributed by atoms with van der Waals surface area (Å²) in [6.07, 6.45) is 0. The van der Waals surface area contributed by atoms with Crippen molar-refractivity contribution in [2.75, 3.05) is 6.54 Å². The molecule has 0 aliphatic heterocycles. The van der Waals surface area contributed by atoms with Crippen molar-refractivity contribution in [3.8, 4) is 0 Å². The van der Waals surface area contributed by atoms with Gasteiger partial charge in [0.1, 0.15) is 5.76 Å². The Hall–Kier alpha value is -1.16. The Balaban J connectivity index is 3.10. The zero-order valence-corrected chi connectivity index (χ0v) is 6.55. The topological polar surface area (TPSA) is 69.1 Å². The van der Waals surface area contributed by atoms with Crippen LogP contribution in [0.25, 0.3) is 0 Å². The zero-order valence-electron chi connectivity index (χ0n) is 6.55. The summed E-state index contributed by atoms with van der Waals surface area (Å²) in [4.78, 5) is 11.1. The van der Waals surface area contributed by atoms with Gasteiger partial charge < -0.3 is 10.3 Å². The maximum Gasteiger partial charge on any atom is 0.181 e. The minimum Gasteiger partial charge on any atom is -0.361 e. The number of rotatable bonds is 2. The highest BCUT2D eigenvalue weighted by molar-refractivity contribution is 5.99. The molecule has 1 rings (SSSR count). The maximum atomic E-state index is 11.1. The SMILES string of the molecule is Cc1noc(C)c1C(=O)CN. The van der Waals surface area contributed by atoms with Crippen LogP contribution in [0.3, 0.4) is 0 Å². The Bertz CT molecular complexity index is 258. The van der Waals surface area contributed by atoms with Crippen LogP contribution in [0.15, 0.2) is 4.52 Å². The van der Waals surface area contributed by atoms with E-state index in [1.54, 1.807) is 13.8 Å². The van der Waals surface area contributed by atoms with Crippen molar-refractivity contribution >= 4 is 5.78 Å². The molecule has 4 nitrogen and oxygen atoms in total. The highest BCUT2D eigenvalue weighted by atomic mass is 16.5. The fourth-order valence-electron chi connectivity index (χ4n) is 0.983. The van der Waals surface area contributed by atoms with Gasteiger partial charge in [0.15, 0.2) is 5.78 Å². The molecule has 4 heteroatoms. The molecule has 2 N–H and O–H groups in total. The molecule has 0 bridgehead atoms. The monoisotopic (exact) mass is 154 g/mol. The van der Waals surface area contributed by atoms with E-state index in [-0.39, 0.29) is 12.3 Å². The van der Waals surface area contributed by atoms with E-state index in [4.69, 9.17) is 10.3 Å². The molecule has 0 atom stereocenters. The van der Waals surface area contributed by atoms with Crippen molar-refractivity contribution in [2.45, 2.75) is 13.8 Å². The lowest BCUT2D eigenvalue weighted by atomic mass is 10.1. The number of nitrogens with zero attached hydrogens (tertiary/aromatic N) is 1. The average Bonchev–Trinajstić information content (AvgIpc) is 2.30. The molecule has 1 heterocycles. The first-order valence-electron chi connectivity index (χ1n) is 3.33. The van der Waals surface area contributed by atoms with E-state index in [1.165, 1.54) is 0 Å². The quantitative estimate of drug-likeness (QED) is 0.627. The van der Waals surface area contributed by atoms with E-state index in [9.17, 15) is 4.79 Å². The number of aromatic nitrogens is 1. The van der Waals surface area contributed by atoms with Gasteiger partial charge in [-0.2, -0.15) is 0 Å². The van der Waals surface area contributed by atoms with E-state index in [1.807, 2.05) is 0 Å². The van der Waals surface area contributed by atoms with Crippen LogP contribution in [0, 0.1) is 13.8 Å². The van der Waals surface area contributed by atoms with Gasteiger partial charge in [-0.25, -0.2) is 0 Å². The van der Waals surface area contributed by atoms with Crippen LogP contribution >= 0.6 is 0 Å². The van der Waals surface area contributed by atoms with Crippen LogP contribution in [0.2, 0.25) is 0 Å². The van der Waals surface area contributed by atoms with Gasteiger partial charge in [-0.3, -0.25) is 4.79 Å². The predicted molar refractivity (Wildman–Crippen MR) is 39.4 cm³/mol. The lowest BCUT2D eigenvalue weighted by Gasteiger charge is -1.92. The van der Waals surface area contributed by atoms with Crippen molar-refractivity contribution in [2.24, 2.45) is 5.73 Å². The van der Waals surface area contributed by atoms with E-state index in [2.05, 4.69) is 5.16 Å². The number of Topliss-reactive ketones (excluding diaryl/α,β-unsaturated/α-hetero) is 1. The maximum absolute atomic E-state index is 11.1. The molecule has 0 fully saturated rings. The summed E-state index contributed by atoms with van der Waals surface area (Å²) in [6, 6.07) is 0. The van der Waals surface area contributed by atoms with Crippen molar-refractivity contribution in [1.82, 2.24) is 5.16 Å².